The van der Waals surface area contributed by atoms with Crippen LogP contribution in [-0.4, -0.2) is 41.2 Å². The van der Waals surface area contributed by atoms with Crippen LogP contribution < -0.4 is 4.74 Å². The fourth-order valence-corrected chi connectivity index (χ4v) is 2.86. The highest BCUT2D eigenvalue weighted by molar-refractivity contribution is 6.05. The smallest absolute Gasteiger partial charge is 0.256 e. The molecule has 5 nitrogen and oxygen atoms in total. The molecule has 0 aliphatic carbocycles. The van der Waals surface area contributed by atoms with E-state index in [1.165, 1.54) is 0 Å². The van der Waals surface area contributed by atoms with Crippen molar-refractivity contribution in [2.24, 2.45) is 0 Å². The molecule has 1 aromatic heterocycles. The predicted octanol–water partition coefficient (Wildman–Crippen LogP) is 3.27. The number of aromatic nitrogens is 2. The molecule has 0 saturated carbocycles. The summed E-state index contributed by atoms with van der Waals surface area (Å²) in [5, 5.41) is 7.88. The van der Waals surface area contributed by atoms with Crippen molar-refractivity contribution in [2.45, 2.75) is 19.4 Å². The Bertz CT molecular complexity index is 856. The molecule has 5 heteroatoms. The van der Waals surface area contributed by atoms with E-state index in [-0.39, 0.29) is 11.9 Å². The second-order valence-corrected chi connectivity index (χ2v) is 5.92. The highest BCUT2D eigenvalue weighted by Gasteiger charge is 2.21. The molecule has 124 valence electrons. The van der Waals surface area contributed by atoms with Gasteiger partial charge in [-0.25, -0.2) is 0 Å². The minimum Gasteiger partial charge on any atom is -0.496 e. The van der Waals surface area contributed by atoms with Crippen LogP contribution in [0.1, 0.15) is 22.8 Å². The molecule has 1 heterocycles. The van der Waals surface area contributed by atoms with Gasteiger partial charge in [-0.3, -0.25) is 9.89 Å². The van der Waals surface area contributed by atoms with Crippen molar-refractivity contribution in [3.05, 3.63) is 59.8 Å². The fourth-order valence-electron chi connectivity index (χ4n) is 2.86. The molecule has 1 unspecified atom stereocenters. The number of hydrogen-bond acceptors (Lipinski definition) is 3. The Hall–Kier alpha value is -2.82. The van der Waals surface area contributed by atoms with Crippen molar-refractivity contribution in [1.29, 1.82) is 0 Å². The maximum atomic E-state index is 12.9. The first-order valence-electron chi connectivity index (χ1n) is 7.93. The average molecular weight is 323 g/mol. The number of benzene rings is 2. The molecular formula is C19H21N3O2. The normalized spacial score (nSPS) is 12.1. The van der Waals surface area contributed by atoms with Gasteiger partial charge in [0.15, 0.2) is 0 Å². The number of hydrogen-bond donors (Lipinski definition) is 1. The van der Waals surface area contributed by atoms with E-state index >= 15 is 0 Å². The predicted molar refractivity (Wildman–Crippen MR) is 94.3 cm³/mol. The Morgan fingerprint density at radius 2 is 2.04 bits per heavy atom. The first-order valence-corrected chi connectivity index (χ1v) is 7.93. The van der Waals surface area contributed by atoms with Gasteiger partial charge < -0.3 is 9.64 Å². The first-order chi connectivity index (χ1) is 11.6. The molecule has 1 atom stereocenters. The standard InChI is InChI=1S/C19H21N3O2/c1-13(11-14-7-4-5-10-17(14)24-3)22(2)19(23)16-9-6-8-15-12-20-21-18(15)16/h4-10,12-13H,11H2,1-3H3,(H,20,21). The number of aromatic amines is 1. The van der Waals surface area contributed by atoms with E-state index in [0.717, 1.165) is 28.6 Å². The number of rotatable bonds is 5. The van der Waals surface area contributed by atoms with Gasteiger partial charge in [-0.1, -0.05) is 30.3 Å². The van der Waals surface area contributed by atoms with Crippen molar-refractivity contribution >= 4 is 16.8 Å². The number of fused-ring (bicyclic) bond motifs is 1. The number of carbonyl (C=O) groups excluding carboxylic acids is 1. The van der Waals surface area contributed by atoms with E-state index < -0.39 is 0 Å². The second kappa shape index (κ2) is 6.74. The molecular weight excluding hydrogens is 302 g/mol. The quantitative estimate of drug-likeness (QED) is 0.784. The van der Waals surface area contributed by atoms with Crippen molar-refractivity contribution in [3.63, 3.8) is 0 Å². The zero-order chi connectivity index (χ0) is 17.1. The summed E-state index contributed by atoms with van der Waals surface area (Å²) in [4.78, 5) is 14.7. The lowest BCUT2D eigenvalue weighted by Gasteiger charge is -2.26. The van der Waals surface area contributed by atoms with Crippen LogP contribution in [0.2, 0.25) is 0 Å². The van der Waals surface area contributed by atoms with Crippen LogP contribution in [0.15, 0.2) is 48.7 Å². The summed E-state index contributed by atoms with van der Waals surface area (Å²) in [6.45, 7) is 2.04. The van der Waals surface area contributed by atoms with Crippen LogP contribution in [0.25, 0.3) is 10.9 Å². The maximum Gasteiger partial charge on any atom is 0.256 e. The van der Waals surface area contributed by atoms with Crippen LogP contribution in [-0.2, 0) is 6.42 Å². The van der Waals surface area contributed by atoms with Crippen LogP contribution in [0.4, 0.5) is 0 Å². The maximum absolute atomic E-state index is 12.9. The van der Waals surface area contributed by atoms with Gasteiger partial charge in [-0.2, -0.15) is 5.10 Å². The fraction of sp³-hybridized carbons (Fsp3) is 0.263. The average Bonchev–Trinajstić information content (AvgIpc) is 3.09. The first kappa shape index (κ1) is 16.1. The largest absolute Gasteiger partial charge is 0.496 e. The minimum atomic E-state index is -0.0211. The van der Waals surface area contributed by atoms with Crippen LogP contribution >= 0.6 is 0 Å². The van der Waals surface area contributed by atoms with Gasteiger partial charge in [0.1, 0.15) is 5.75 Å². The van der Waals surface area contributed by atoms with Gasteiger partial charge in [-0.05, 0) is 31.0 Å². The Morgan fingerprint density at radius 3 is 2.83 bits per heavy atom. The Morgan fingerprint density at radius 1 is 1.25 bits per heavy atom. The van der Waals surface area contributed by atoms with E-state index in [9.17, 15) is 4.79 Å². The summed E-state index contributed by atoms with van der Waals surface area (Å²) in [6, 6.07) is 13.6. The topological polar surface area (TPSA) is 58.2 Å². The molecule has 3 aromatic rings. The Balaban J connectivity index is 1.81. The van der Waals surface area contributed by atoms with Gasteiger partial charge in [0.25, 0.3) is 5.91 Å². The molecule has 1 amide bonds. The summed E-state index contributed by atoms with van der Waals surface area (Å²) in [6.07, 6.45) is 2.45. The molecule has 0 aliphatic heterocycles. The zero-order valence-electron chi connectivity index (χ0n) is 14.1. The van der Waals surface area contributed by atoms with Crippen molar-refractivity contribution in [3.8, 4) is 5.75 Å². The van der Waals surface area contributed by atoms with Crippen LogP contribution in [0.5, 0.6) is 5.75 Å². The number of H-pyrrole nitrogens is 1. The molecule has 0 saturated heterocycles. The number of nitrogens with zero attached hydrogens (tertiary/aromatic N) is 2. The van der Waals surface area contributed by atoms with E-state index in [2.05, 4.69) is 10.2 Å². The Labute approximate surface area is 141 Å². The number of likely N-dealkylation sites (N-methyl/N-ethyl adjacent to an activating group) is 1. The van der Waals surface area contributed by atoms with E-state index in [1.54, 1.807) is 18.2 Å². The summed E-state index contributed by atoms with van der Waals surface area (Å²) in [5.41, 5.74) is 2.50. The zero-order valence-corrected chi connectivity index (χ0v) is 14.1. The number of carbonyl (C=O) groups is 1. The highest BCUT2D eigenvalue weighted by atomic mass is 16.5. The second-order valence-electron chi connectivity index (χ2n) is 5.92. The Kier molecular flexibility index (Phi) is 4.51. The van der Waals surface area contributed by atoms with Crippen LogP contribution in [0.3, 0.4) is 0 Å². The number of ether oxygens (including phenoxy) is 1. The van der Waals surface area contributed by atoms with Gasteiger partial charge in [0.05, 0.1) is 24.4 Å². The van der Waals surface area contributed by atoms with E-state index in [4.69, 9.17) is 4.74 Å². The molecule has 1 N–H and O–H groups in total. The molecule has 3 rings (SSSR count). The number of nitrogens with one attached hydrogen (secondary N) is 1. The molecule has 0 fully saturated rings. The van der Waals surface area contributed by atoms with Gasteiger partial charge in [-0.15, -0.1) is 0 Å². The summed E-state index contributed by atoms with van der Waals surface area (Å²) < 4.78 is 5.40. The number of para-hydroxylation sites is 2. The molecule has 2 aromatic carbocycles. The van der Waals surface area contributed by atoms with Crippen molar-refractivity contribution in [2.75, 3.05) is 14.2 Å². The summed E-state index contributed by atoms with van der Waals surface area (Å²) in [5.74, 6) is 0.827. The van der Waals surface area contributed by atoms with Gasteiger partial charge >= 0.3 is 0 Å². The molecule has 24 heavy (non-hydrogen) atoms. The van der Waals surface area contributed by atoms with Crippen molar-refractivity contribution in [1.82, 2.24) is 15.1 Å². The molecule has 0 bridgehead atoms. The van der Waals surface area contributed by atoms with Crippen molar-refractivity contribution < 1.29 is 9.53 Å². The SMILES string of the molecule is COc1ccccc1CC(C)N(C)C(=O)c1cccc2cn[nH]c12. The number of amides is 1. The monoisotopic (exact) mass is 323 g/mol. The lowest BCUT2D eigenvalue weighted by Crippen LogP contribution is -2.36. The van der Waals surface area contributed by atoms with Gasteiger partial charge in [0, 0.05) is 18.5 Å². The van der Waals surface area contributed by atoms with E-state index in [0.29, 0.717) is 5.56 Å². The molecule has 0 aliphatic rings. The third kappa shape index (κ3) is 2.97. The van der Waals surface area contributed by atoms with Crippen LogP contribution in [0, 0.1) is 0 Å². The third-order valence-corrected chi connectivity index (χ3v) is 4.40. The van der Waals surface area contributed by atoms with Gasteiger partial charge in [0.2, 0.25) is 0 Å². The minimum absolute atomic E-state index is 0.0211. The highest BCUT2D eigenvalue weighted by Crippen LogP contribution is 2.22. The lowest BCUT2D eigenvalue weighted by atomic mass is 10.0. The molecule has 0 spiro atoms. The lowest BCUT2D eigenvalue weighted by molar-refractivity contribution is 0.0745. The van der Waals surface area contributed by atoms with E-state index in [1.807, 2.05) is 56.4 Å². The summed E-state index contributed by atoms with van der Waals surface area (Å²) in [7, 11) is 3.49. The molecule has 0 radical (unpaired) electrons. The number of methoxy groups -OCH3 is 1. The third-order valence-electron chi connectivity index (χ3n) is 4.40. The summed E-state index contributed by atoms with van der Waals surface area (Å²) >= 11 is 0.